The maximum atomic E-state index is 14.1. The Hall–Kier alpha value is -2.16. The first-order chi connectivity index (χ1) is 9.47. The van der Waals surface area contributed by atoms with Gasteiger partial charge in [0.25, 0.3) is 0 Å². The first-order valence-corrected chi connectivity index (χ1v) is 6.41. The number of methoxy groups -OCH3 is 1. The van der Waals surface area contributed by atoms with Gasteiger partial charge >= 0.3 is 0 Å². The van der Waals surface area contributed by atoms with Crippen LogP contribution in [0.15, 0.2) is 30.3 Å². The third-order valence-electron chi connectivity index (χ3n) is 3.56. The second-order valence-electron chi connectivity index (χ2n) is 4.85. The fourth-order valence-corrected chi connectivity index (χ4v) is 2.20. The molecule has 0 heterocycles. The van der Waals surface area contributed by atoms with Crippen molar-refractivity contribution in [3.8, 4) is 5.75 Å². The molecule has 104 valence electrons. The van der Waals surface area contributed by atoms with Crippen molar-refractivity contribution >= 4 is 5.78 Å². The standard InChI is InChI=1S/C17H17FO2/c1-10-8-9-14(17(20-4)12(10)3)16(19)13-7-5-6-11(2)15(13)18/h5-9H,1-4H3. The molecule has 0 fully saturated rings. The van der Waals surface area contributed by atoms with E-state index in [2.05, 4.69) is 0 Å². The van der Waals surface area contributed by atoms with E-state index in [1.807, 2.05) is 19.9 Å². The maximum absolute atomic E-state index is 14.1. The van der Waals surface area contributed by atoms with Crippen molar-refractivity contribution in [1.29, 1.82) is 0 Å². The molecule has 0 N–H and O–H groups in total. The van der Waals surface area contributed by atoms with Crippen molar-refractivity contribution < 1.29 is 13.9 Å². The molecule has 0 bridgehead atoms. The summed E-state index contributed by atoms with van der Waals surface area (Å²) in [6.07, 6.45) is 0. The summed E-state index contributed by atoms with van der Waals surface area (Å²) in [5.74, 6) is -0.320. The Labute approximate surface area is 118 Å². The zero-order chi connectivity index (χ0) is 14.9. The molecule has 0 atom stereocenters. The van der Waals surface area contributed by atoms with Gasteiger partial charge < -0.3 is 4.74 Å². The molecule has 2 nitrogen and oxygen atoms in total. The molecule has 2 rings (SSSR count). The Kier molecular flexibility index (Phi) is 3.89. The number of hydrogen-bond donors (Lipinski definition) is 0. The minimum Gasteiger partial charge on any atom is -0.496 e. The van der Waals surface area contributed by atoms with Gasteiger partial charge in [0.05, 0.1) is 18.2 Å². The lowest BCUT2D eigenvalue weighted by Crippen LogP contribution is -2.08. The number of ketones is 1. The van der Waals surface area contributed by atoms with Crippen LogP contribution in [0.3, 0.4) is 0 Å². The molecule has 2 aromatic rings. The Morgan fingerprint density at radius 3 is 2.35 bits per heavy atom. The predicted octanol–water partition coefficient (Wildman–Crippen LogP) is 3.99. The molecule has 0 saturated heterocycles. The van der Waals surface area contributed by atoms with Crippen LogP contribution in [0.1, 0.15) is 32.6 Å². The van der Waals surface area contributed by atoms with E-state index >= 15 is 0 Å². The Morgan fingerprint density at radius 1 is 1.00 bits per heavy atom. The van der Waals surface area contributed by atoms with Crippen LogP contribution >= 0.6 is 0 Å². The summed E-state index contributed by atoms with van der Waals surface area (Å²) in [7, 11) is 1.52. The lowest BCUT2D eigenvalue weighted by Gasteiger charge is -2.13. The van der Waals surface area contributed by atoms with Gasteiger partial charge in [-0.2, -0.15) is 0 Å². The lowest BCUT2D eigenvalue weighted by molar-refractivity contribution is 0.103. The molecule has 2 aromatic carbocycles. The molecule has 0 aliphatic rings. The summed E-state index contributed by atoms with van der Waals surface area (Å²) in [6, 6.07) is 8.35. The summed E-state index contributed by atoms with van der Waals surface area (Å²) in [4.78, 5) is 12.5. The van der Waals surface area contributed by atoms with Crippen molar-refractivity contribution in [3.63, 3.8) is 0 Å². The predicted molar refractivity (Wildman–Crippen MR) is 77.0 cm³/mol. The lowest BCUT2D eigenvalue weighted by atomic mass is 9.96. The second kappa shape index (κ2) is 5.45. The smallest absolute Gasteiger partial charge is 0.199 e. The van der Waals surface area contributed by atoms with Gasteiger partial charge in [-0.05, 0) is 49.6 Å². The molecule has 0 aromatic heterocycles. The van der Waals surface area contributed by atoms with Crippen molar-refractivity contribution in [2.45, 2.75) is 20.8 Å². The molecule has 0 aliphatic carbocycles. The van der Waals surface area contributed by atoms with Crippen molar-refractivity contribution in [3.05, 3.63) is 64.0 Å². The highest BCUT2D eigenvalue weighted by Gasteiger charge is 2.20. The van der Waals surface area contributed by atoms with E-state index < -0.39 is 5.82 Å². The van der Waals surface area contributed by atoms with Gasteiger partial charge in [-0.15, -0.1) is 0 Å². The molecule has 20 heavy (non-hydrogen) atoms. The molecule has 3 heteroatoms. The summed E-state index contributed by atoms with van der Waals surface area (Å²) in [6.45, 7) is 5.47. The van der Waals surface area contributed by atoms with E-state index in [1.165, 1.54) is 13.2 Å². The number of carbonyl (C=O) groups is 1. The zero-order valence-corrected chi connectivity index (χ0v) is 12.1. The summed E-state index contributed by atoms with van der Waals surface area (Å²) < 4.78 is 19.4. The van der Waals surface area contributed by atoms with Gasteiger partial charge in [0.1, 0.15) is 11.6 Å². The van der Waals surface area contributed by atoms with Gasteiger partial charge in [-0.25, -0.2) is 4.39 Å². The third-order valence-corrected chi connectivity index (χ3v) is 3.56. The first kappa shape index (κ1) is 14.3. The molecule has 0 saturated carbocycles. The van der Waals surface area contributed by atoms with E-state index in [0.717, 1.165) is 11.1 Å². The highest BCUT2D eigenvalue weighted by Crippen LogP contribution is 2.29. The highest BCUT2D eigenvalue weighted by molar-refractivity contribution is 6.11. The molecule has 0 amide bonds. The van der Waals surface area contributed by atoms with Crippen LogP contribution in [0.25, 0.3) is 0 Å². The van der Waals surface area contributed by atoms with Crippen LogP contribution in [-0.4, -0.2) is 12.9 Å². The number of hydrogen-bond acceptors (Lipinski definition) is 2. The van der Waals surface area contributed by atoms with Crippen LogP contribution in [-0.2, 0) is 0 Å². The average molecular weight is 272 g/mol. The molecular weight excluding hydrogens is 255 g/mol. The van der Waals surface area contributed by atoms with Crippen LogP contribution in [0, 0.1) is 26.6 Å². The molecule has 0 aliphatic heterocycles. The highest BCUT2D eigenvalue weighted by atomic mass is 19.1. The number of ether oxygens (including phenoxy) is 1. The van der Waals surface area contributed by atoms with Crippen molar-refractivity contribution in [2.24, 2.45) is 0 Å². The fourth-order valence-electron chi connectivity index (χ4n) is 2.20. The first-order valence-electron chi connectivity index (χ1n) is 6.41. The average Bonchev–Trinajstić information content (AvgIpc) is 2.44. The Morgan fingerprint density at radius 2 is 1.70 bits per heavy atom. The number of rotatable bonds is 3. The van der Waals surface area contributed by atoms with E-state index in [0.29, 0.717) is 16.9 Å². The third kappa shape index (κ3) is 2.31. The van der Waals surface area contributed by atoms with Crippen molar-refractivity contribution in [1.82, 2.24) is 0 Å². The van der Waals surface area contributed by atoms with Crippen LogP contribution in [0.5, 0.6) is 5.75 Å². The van der Waals surface area contributed by atoms with E-state index in [1.54, 1.807) is 25.1 Å². The summed E-state index contributed by atoms with van der Waals surface area (Å²) >= 11 is 0. The summed E-state index contributed by atoms with van der Waals surface area (Å²) in [5, 5.41) is 0. The normalized spacial score (nSPS) is 10.4. The number of aryl methyl sites for hydroxylation is 2. The SMILES string of the molecule is COc1c(C(=O)c2cccc(C)c2F)ccc(C)c1C. The van der Waals surface area contributed by atoms with Crippen LogP contribution in [0.4, 0.5) is 4.39 Å². The van der Waals surface area contributed by atoms with E-state index in [9.17, 15) is 9.18 Å². The maximum Gasteiger partial charge on any atom is 0.199 e. The van der Waals surface area contributed by atoms with E-state index in [-0.39, 0.29) is 11.3 Å². The van der Waals surface area contributed by atoms with Gasteiger partial charge in [0.2, 0.25) is 0 Å². The molecular formula is C17H17FO2. The Balaban J connectivity index is 2.60. The summed E-state index contributed by atoms with van der Waals surface area (Å²) in [5.41, 5.74) is 2.85. The molecule has 0 radical (unpaired) electrons. The van der Waals surface area contributed by atoms with Gasteiger partial charge in [-0.1, -0.05) is 18.2 Å². The second-order valence-corrected chi connectivity index (χ2v) is 4.85. The monoisotopic (exact) mass is 272 g/mol. The minimum atomic E-state index is -0.474. The topological polar surface area (TPSA) is 26.3 Å². The van der Waals surface area contributed by atoms with Crippen molar-refractivity contribution in [2.75, 3.05) is 7.11 Å². The number of halogens is 1. The van der Waals surface area contributed by atoms with Gasteiger partial charge in [0.15, 0.2) is 5.78 Å². The fraction of sp³-hybridized carbons (Fsp3) is 0.235. The van der Waals surface area contributed by atoms with Crippen LogP contribution in [0.2, 0.25) is 0 Å². The Bertz CT molecular complexity index is 675. The van der Waals surface area contributed by atoms with Gasteiger partial charge in [0, 0.05) is 0 Å². The quantitative estimate of drug-likeness (QED) is 0.790. The molecule has 0 unspecified atom stereocenters. The largest absolute Gasteiger partial charge is 0.496 e. The zero-order valence-electron chi connectivity index (χ0n) is 12.1. The van der Waals surface area contributed by atoms with Gasteiger partial charge in [-0.3, -0.25) is 4.79 Å². The van der Waals surface area contributed by atoms with E-state index in [4.69, 9.17) is 4.74 Å². The number of benzene rings is 2. The molecule has 0 spiro atoms. The number of carbonyl (C=O) groups excluding carboxylic acids is 1. The van der Waals surface area contributed by atoms with Crippen LogP contribution < -0.4 is 4.74 Å². The minimum absolute atomic E-state index is 0.0755.